The first-order chi connectivity index (χ1) is 13.1. The molecule has 0 aliphatic rings. The molecule has 0 radical (unpaired) electrons. The fraction of sp³-hybridized carbons (Fsp3) is 0.250. The maximum Gasteiger partial charge on any atom is 0.229 e. The average molecular weight is 436 g/mol. The molecule has 0 unspecified atom stereocenters. The molecule has 2 aromatic heterocycles. The van der Waals surface area contributed by atoms with Crippen molar-refractivity contribution >= 4 is 38.6 Å². The number of nitrogens with zero attached hydrogens (tertiary/aromatic N) is 1. The fourth-order valence-electron chi connectivity index (χ4n) is 2.71. The van der Waals surface area contributed by atoms with E-state index in [9.17, 15) is 8.42 Å². The lowest BCUT2D eigenvalue weighted by molar-refractivity contribution is 0.522. The van der Waals surface area contributed by atoms with Crippen LogP contribution in [0, 0.1) is 0 Å². The molecular formula is C20H22ClN3O2S2. The number of rotatable bonds is 6. The molecule has 28 heavy (non-hydrogen) atoms. The molecular weight excluding hydrogens is 414 g/mol. The molecule has 0 amide bonds. The standard InChI is InChI=1S/C20H22ClN3O2S2/c1-20(2,12-22)19-9-13(6-7-23-19)14-8-18(27-11-14)16-5-4-15(10-17(16)21)24-28(3,25)26/h4-11,24H,12,22H2,1-3H3. The van der Waals surface area contributed by atoms with Gasteiger partial charge in [-0.15, -0.1) is 11.3 Å². The van der Waals surface area contributed by atoms with E-state index in [0.717, 1.165) is 33.5 Å². The summed E-state index contributed by atoms with van der Waals surface area (Å²) in [4.78, 5) is 5.47. The molecule has 0 fully saturated rings. The van der Waals surface area contributed by atoms with Crippen molar-refractivity contribution in [1.29, 1.82) is 0 Å². The van der Waals surface area contributed by atoms with Crippen molar-refractivity contribution < 1.29 is 8.42 Å². The zero-order chi connectivity index (χ0) is 20.5. The highest BCUT2D eigenvalue weighted by atomic mass is 35.5. The van der Waals surface area contributed by atoms with Gasteiger partial charge >= 0.3 is 0 Å². The molecule has 2 heterocycles. The van der Waals surface area contributed by atoms with Crippen molar-refractivity contribution in [3.05, 3.63) is 58.7 Å². The van der Waals surface area contributed by atoms with Gasteiger partial charge < -0.3 is 5.73 Å². The molecule has 0 aliphatic heterocycles. The average Bonchev–Trinajstić information content (AvgIpc) is 3.10. The second-order valence-electron chi connectivity index (χ2n) is 7.29. The van der Waals surface area contributed by atoms with Gasteiger partial charge in [0.15, 0.2) is 0 Å². The van der Waals surface area contributed by atoms with Gasteiger partial charge in [0.2, 0.25) is 10.0 Å². The third kappa shape index (κ3) is 4.72. The number of hydrogen-bond acceptors (Lipinski definition) is 5. The summed E-state index contributed by atoms with van der Waals surface area (Å²) in [6.45, 7) is 4.66. The summed E-state index contributed by atoms with van der Waals surface area (Å²) in [6.07, 6.45) is 2.91. The molecule has 3 aromatic rings. The van der Waals surface area contributed by atoms with Gasteiger partial charge in [-0.1, -0.05) is 25.4 Å². The molecule has 3 N–H and O–H groups in total. The quantitative estimate of drug-likeness (QED) is 0.585. The van der Waals surface area contributed by atoms with E-state index in [1.165, 1.54) is 0 Å². The number of aromatic nitrogens is 1. The predicted molar refractivity (Wildman–Crippen MR) is 119 cm³/mol. The first-order valence-electron chi connectivity index (χ1n) is 8.62. The van der Waals surface area contributed by atoms with Gasteiger partial charge in [0.1, 0.15) is 0 Å². The van der Waals surface area contributed by atoms with Crippen LogP contribution in [0.2, 0.25) is 5.02 Å². The van der Waals surface area contributed by atoms with Crippen LogP contribution < -0.4 is 10.5 Å². The van der Waals surface area contributed by atoms with Crippen molar-refractivity contribution in [2.24, 2.45) is 5.73 Å². The molecule has 8 heteroatoms. The zero-order valence-electron chi connectivity index (χ0n) is 15.9. The van der Waals surface area contributed by atoms with E-state index in [2.05, 4.69) is 41.1 Å². The monoisotopic (exact) mass is 435 g/mol. The SMILES string of the molecule is CC(C)(CN)c1cc(-c2csc(-c3ccc(NS(C)(=O)=O)cc3Cl)c2)ccn1. The van der Waals surface area contributed by atoms with E-state index in [1.54, 1.807) is 29.7 Å². The van der Waals surface area contributed by atoms with Crippen LogP contribution in [0.3, 0.4) is 0 Å². The number of benzene rings is 1. The molecule has 1 aromatic carbocycles. The van der Waals surface area contributed by atoms with Crippen molar-refractivity contribution in [2.45, 2.75) is 19.3 Å². The second kappa shape index (κ2) is 7.83. The smallest absolute Gasteiger partial charge is 0.229 e. The number of thiophene rings is 1. The number of halogens is 1. The van der Waals surface area contributed by atoms with E-state index in [-0.39, 0.29) is 5.41 Å². The molecule has 3 rings (SSSR count). The summed E-state index contributed by atoms with van der Waals surface area (Å²) in [6, 6.07) is 11.3. The van der Waals surface area contributed by atoms with Crippen LogP contribution in [-0.2, 0) is 15.4 Å². The number of anilines is 1. The summed E-state index contributed by atoms with van der Waals surface area (Å²) in [7, 11) is -3.34. The Balaban J connectivity index is 1.92. The lowest BCUT2D eigenvalue weighted by Gasteiger charge is -2.22. The van der Waals surface area contributed by atoms with Crippen molar-refractivity contribution in [1.82, 2.24) is 4.98 Å². The van der Waals surface area contributed by atoms with Gasteiger partial charge in [0, 0.05) is 40.0 Å². The highest BCUT2D eigenvalue weighted by molar-refractivity contribution is 7.92. The van der Waals surface area contributed by atoms with E-state index >= 15 is 0 Å². The Morgan fingerprint density at radius 2 is 1.93 bits per heavy atom. The Bertz CT molecular complexity index is 1110. The van der Waals surface area contributed by atoms with Crippen LogP contribution in [0.4, 0.5) is 5.69 Å². The van der Waals surface area contributed by atoms with Crippen LogP contribution in [0.25, 0.3) is 21.6 Å². The predicted octanol–water partition coefficient (Wildman–Crippen LogP) is 4.74. The van der Waals surface area contributed by atoms with Crippen LogP contribution >= 0.6 is 22.9 Å². The Hall–Kier alpha value is -1.93. The number of hydrogen-bond donors (Lipinski definition) is 2. The highest BCUT2D eigenvalue weighted by Gasteiger charge is 2.20. The van der Waals surface area contributed by atoms with Crippen LogP contribution in [-0.4, -0.2) is 26.2 Å². The van der Waals surface area contributed by atoms with E-state index < -0.39 is 10.0 Å². The molecule has 0 aliphatic carbocycles. The minimum Gasteiger partial charge on any atom is -0.330 e. The zero-order valence-corrected chi connectivity index (χ0v) is 18.3. The Kier molecular flexibility index (Phi) is 5.82. The normalized spacial score (nSPS) is 12.2. The Morgan fingerprint density at radius 3 is 2.57 bits per heavy atom. The number of nitrogens with two attached hydrogens (primary N) is 1. The van der Waals surface area contributed by atoms with E-state index in [0.29, 0.717) is 17.3 Å². The summed E-state index contributed by atoms with van der Waals surface area (Å²) >= 11 is 7.98. The van der Waals surface area contributed by atoms with Crippen molar-refractivity contribution in [2.75, 3.05) is 17.5 Å². The minimum absolute atomic E-state index is 0.194. The molecule has 5 nitrogen and oxygen atoms in total. The summed E-state index contributed by atoms with van der Waals surface area (Å²) < 4.78 is 25.2. The molecule has 0 bridgehead atoms. The summed E-state index contributed by atoms with van der Waals surface area (Å²) in [5.74, 6) is 0. The van der Waals surface area contributed by atoms with Crippen LogP contribution in [0.5, 0.6) is 0 Å². The van der Waals surface area contributed by atoms with Crippen LogP contribution in [0.1, 0.15) is 19.5 Å². The van der Waals surface area contributed by atoms with Crippen molar-refractivity contribution in [3.63, 3.8) is 0 Å². The summed E-state index contributed by atoms with van der Waals surface area (Å²) in [5, 5.41) is 2.56. The van der Waals surface area contributed by atoms with E-state index in [1.807, 2.05) is 12.1 Å². The molecule has 0 atom stereocenters. The fourth-order valence-corrected chi connectivity index (χ4v) is 4.56. The van der Waals surface area contributed by atoms with Gasteiger partial charge in [-0.05, 0) is 52.9 Å². The summed E-state index contributed by atoms with van der Waals surface area (Å²) in [5.41, 5.74) is 10.1. The topological polar surface area (TPSA) is 85.1 Å². The maximum absolute atomic E-state index is 11.4. The highest BCUT2D eigenvalue weighted by Crippen LogP contribution is 2.38. The van der Waals surface area contributed by atoms with Crippen molar-refractivity contribution in [3.8, 4) is 21.6 Å². The maximum atomic E-state index is 11.4. The third-order valence-corrected chi connectivity index (χ3v) is 6.32. The first kappa shape index (κ1) is 20.8. The van der Waals surface area contributed by atoms with E-state index in [4.69, 9.17) is 17.3 Å². The molecule has 148 valence electrons. The third-order valence-electron chi connectivity index (χ3n) is 4.43. The van der Waals surface area contributed by atoms with Crippen LogP contribution in [0.15, 0.2) is 48.0 Å². The first-order valence-corrected chi connectivity index (χ1v) is 11.8. The lowest BCUT2D eigenvalue weighted by Crippen LogP contribution is -2.29. The van der Waals surface area contributed by atoms with Gasteiger partial charge in [-0.2, -0.15) is 0 Å². The molecule has 0 saturated heterocycles. The minimum atomic E-state index is -3.34. The Labute approximate surface area is 174 Å². The molecule has 0 saturated carbocycles. The van der Waals surface area contributed by atoms with Gasteiger partial charge in [0.25, 0.3) is 0 Å². The van der Waals surface area contributed by atoms with Gasteiger partial charge in [0.05, 0.1) is 11.3 Å². The Morgan fingerprint density at radius 1 is 1.18 bits per heavy atom. The number of sulfonamides is 1. The molecule has 0 spiro atoms. The largest absolute Gasteiger partial charge is 0.330 e. The number of pyridine rings is 1. The lowest BCUT2D eigenvalue weighted by atomic mass is 9.88. The van der Waals surface area contributed by atoms with Gasteiger partial charge in [-0.25, -0.2) is 8.42 Å². The number of nitrogens with one attached hydrogen (secondary N) is 1. The second-order valence-corrected chi connectivity index (χ2v) is 10.4. The van der Waals surface area contributed by atoms with Gasteiger partial charge in [-0.3, -0.25) is 9.71 Å².